The Morgan fingerprint density at radius 3 is 2.71 bits per heavy atom. The minimum atomic E-state index is 0.0849. The van der Waals surface area contributed by atoms with Crippen LogP contribution < -0.4 is 15.2 Å². The first-order valence-electron chi connectivity index (χ1n) is 6.05. The predicted octanol–water partition coefficient (Wildman–Crippen LogP) is 2.95. The van der Waals surface area contributed by atoms with Crippen LogP contribution in [0, 0.1) is 0 Å². The zero-order valence-corrected chi connectivity index (χ0v) is 11.3. The van der Waals surface area contributed by atoms with Crippen molar-refractivity contribution in [1.29, 1.82) is 0 Å². The zero-order valence-electron chi connectivity index (χ0n) is 9.67. The van der Waals surface area contributed by atoms with Gasteiger partial charge in [-0.2, -0.15) is 0 Å². The van der Waals surface area contributed by atoms with Crippen LogP contribution >= 0.6 is 15.9 Å². The van der Waals surface area contributed by atoms with Gasteiger partial charge in [-0.05, 0) is 25.0 Å². The van der Waals surface area contributed by atoms with Gasteiger partial charge in [-0.25, -0.2) is 0 Å². The highest BCUT2D eigenvalue weighted by molar-refractivity contribution is 9.10. The smallest absolute Gasteiger partial charge is 0.231 e. The second kappa shape index (κ2) is 4.18. The molecule has 3 rings (SSSR count). The van der Waals surface area contributed by atoms with Crippen LogP contribution in [0.25, 0.3) is 0 Å². The lowest BCUT2D eigenvalue weighted by atomic mass is 9.78. The van der Waals surface area contributed by atoms with E-state index in [9.17, 15) is 0 Å². The molecular formula is C13H16BrNO2. The molecule has 3 nitrogen and oxygen atoms in total. The first kappa shape index (κ1) is 11.4. The molecule has 1 aliphatic heterocycles. The van der Waals surface area contributed by atoms with Gasteiger partial charge in [-0.15, -0.1) is 0 Å². The van der Waals surface area contributed by atoms with Crippen molar-refractivity contribution in [3.8, 4) is 11.5 Å². The Balaban J connectivity index is 2.13. The average molecular weight is 298 g/mol. The van der Waals surface area contributed by atoms with Gasteiger partial charge >= 0.3 is 0 Å². The molecule has 0 bridgehead atoms. The van der Waals surface area contributed by atoms with E-state index in [1.165, 1.54) is 18.4 Å². The van der Waals surface area contributed by atoms with Gasteiger partial charge in [0.1, 0.15) is 0 Å². The monoisotopic (exact) mass is 297 g/mol. The van der Waals surface area contributed by atoms with Gasteiger partial charge in [0.05, 0.1) is 0 Å². The maximum Gasteiger partial charge on any atom is 0.231 e. The third kappa shape index (κ3) is 1.74. The Bertz CT molecular complexity index is 441. The number of benzene rings is 1. The van der Waals surface area contributed by atoms with E-state index in [0.29, 0.717) is 13.3 Å². The molecule has 1 heterocycles. The van der Waals surface area contributed by atoms with E-state index < -0.39 is 0 Å². The lowest BCUT2D eigenvalue weighted by Gasteiger charge is -2.29. The first-order chi connectivity index (χ1) is 8.25. The van der Waals surface area contributed by atoms with Crippen molar-refractivity contribution in [3.63, 3.8) is 0 Å². The number of ether oxygens (including phenoxy) is 2. The summed E-state index contributed by atoms with van der Waals surface area (Å²) in [6.45, 7) is 0.999. The van der Waals surface area contributed by atoms with Crippen LogP contribution in [0.5, 0.6) is 11.5 Å². The van der Waals surface area contributed by atoms with Crippen molar-refractivity contribution in [2.24, 2.45) is 5.73 Å². The molecule has 92 valence electrons. The topological polar surface area (TPSA) is 44.5 Å². The first-order valence-corrected chi connectivity index (χ1v) is 6.84. The van der Waals surface area contributed by atoms with Crippen molar-refractivity contribution >= 4 is 15.9 Å². The summed E-state index contributed by atoms with van der Waals surface area (Å²) in [5.74, 6) is 1.75. The van der Waals surface area contributed by atoms with Gasteiger partial charge in [-0.1, -0.05) is 28.8 Å². The van der Waals surface area contributed by atoms with Crippen LogP contribution in [0.15, 0.2) is 16.6 Å². The summed E-state index contributed by atoms with van der Waals surface area (Å²) >= 11 is 3.54. The molecule has 0 atom stereocenters. The summed E-state index contributed by atoms with van der Waals surface area (Å²) in [6.07, 6.45) is 4.80. The predicted molar refractivity (Wildman–Crippen MR) is 69.5 cm³/mol. The number of hydrogen-bond donors (Lipinski definition) is 1. The molecule has 0 aromatic heterocycles. The van der Waals surface area contributed by atoms with Gasteiger partial charge in [-0.3, -0.25) is 0 Å². The molecule has 2 N–H and O–H groups in total. The van der Waals surface area contributed by atoms with Gasteiger partial charge in [0.15, 0.2) is 11.5 Å². The Hall–Kier alpha value is -0.740. The van der Waals surface area contributed by atoms with Crippen molar-refractivity contribution in [1.82, 2.24) is 0 Å². The van der Waals surface area contributed by atoms with Gasteiger partial charge in [0.25, 0.3) is 0 Å². The molecule has 4 heteroatoms. The van der Waals surface area contributed by atoms with Crippen LogP contribution in [0.1, 0.15) is 31.2 Å². The Morgan fingerprint density at radius 1 is 1.24 bits per heavy atom. The second-order valence-electron chi connectivity index (χ2n) is 4.88. The van der Waals surface area contributed by atoms with E-state index in [4.69, 9.17) is 15.2 Å². The standard InChI is InChI=1S/C13H16BrNO2/c14-9-5-10(12-11(6-9)16-8-17-12)13(7-15)3-1-2-4-13/h5-6H,1-4,7-8,15H2. The number of halogens is 1. The lowest BCUT2D eigenvalue weighted by Crippen LogP contribution is -2.32. The second-order valence-corrected chi connectivity index (χ2v) is 5.79. The molecule has 0 saturated heterocycles. The fourth-order valence-corrected chi connectivity index (χ4v) is 3.44. The van der Waals surface area contributed by atoms with Crippen molar-refractivity contribution in [2.75, 3.05) is 13.3 Å². The number of fused-ring (bicyclic) bond motifs is 1. The molecule has 1 aromatic rings. The summed E-state index contributed by atoms with van der Waals surface area (Å²) in [7, 11) is 0. The minimum Gasteiger partial charge on any atom is -0.454 e. The summed E-state index contributed by atoms with van der Waals surface area (Å²) in [6, 6.07) is 4.11. The number of nitrogens with two attached hydrogens (primary N) is 1. The maximum atomic E-state index is 6.03. The van der Waals surface area contributed by atoms with E-state index >= 15 is 0 Å². The Labute approximate surface area is 109 Å². The minimum absolute atomic E-state index is 0.0849. The number of hydrogen-bond acceptors (Lipinski definition) is 3. The SMILES string of the molecule is NCC1(c2cc(Br)cc3c2OCO3)CCCC1. The molecule has 17 heavy (non-hydrogen) atoms. The average Bonchev–Trinajstić information content (AvgIpc) is 2.96. The molecule has 1 aromatic carbocycles. The van der Waals surface area contributed by atoms with E-state index in [1.807, 2.05) is 6.07 Å². The Morgan fingerprint density at radius 2 is 2.00 bits per heavy atom. The van der Waals surface area contributed by atoms with Crippen LogP contribution in [-0.4, -0.2) is 13.3 Å². The van der Waals surface area contributed by atoms with E-state index in [-0.39, 0.29) is 5.41 Å². The fourth-order valence-electron chi connectivity index (χ4n) is 3.01. The third-order valence-corrected chi connectivity index (χ3v) is 4.42. The molecule has 2 aliphatic rings. The molecule has 1 fully saturated rings. The lowest BCUT2D eigenvalue weighted by molar-refractivity contribution is 0.172. The summed E-state index contributed by atoms with van der Waals surface area (Å²) in [5.41, 5.74) is 7.34. The van der Waals surface area contributed by atoms with Gasteiger partial charge in [0, 0.05) is 22.0 Å². The fraction of sp³-hybridized carbons (Fsp3) is 0.538. The van der Waals surface area contributed by atoms with E-state index in [0.717, 1.165) is 28.8 Å². The quantitative estimate of drug-likeness (QED) is 0.913. The molecule has 0 radical (unpaired) electrons. The molecule has 0 amide bonds. The molecular weight excluding hydrogens is 282 g/mol. The summed E-state index contributed by atoms with van der Waals surface area (Å²) in [5, 5.41) is 0. The van der Waals surface area contributed by atoms with Crippen LogP contribution in [-0.2, 0) is 5.41 Å². The van der Waals surface area contributed by atoms with Crippen molar-refractivity contribution in [3.05, 3.63) is 22.2 Å². The van der Waals surface area contributed by atoms with E-state index in [1.54, 1.807) is 0 Å². The zero-order chi connectivity index (χ0) is 11.9. The highest BCUT2D eigenvalue weighted by Crippen LogP contribution is 2.49. The summed E-state index contributed by atoms with van der Waals surface area (Å²) in [4.78, 5) is 0. The van der Waals surface area contributed by atoms with Gasteiger partial charge in [0.2, 0.25) is 6.79 Å². The largest absolute Gasteiger partial charge is 0.454 e. The van der Waals surface area contributed by atoms with Crippen LogP contribution in [0.2, 0.25) is 0 Å². The Kier molecular flexibility index (Phi) is 2.79. The normalized spacial score (nSPS) is 20.8. The van der Waals surface area contributed by atoms with E-state index in [2.05, 4.69) is 22.0 Å². The highest BCUT2D eigenvalue weighted by Gasteiger charge is 2.38. The molecule has 1 aliphatic carbocycles. The maximum absolute atomic E-state index is 6.03. The van der Waals surface area contributed by atoms with Crippen LogP contribution in [0.4, 0.5) is 0 Å². The number of rotatable bonds is 2. The molecule has 0 unspecified atom stereocenters. The van der Waals surface area contributed by atoms with Crippen LogP contribution in [0.3, 0.4) is 0 Å². The van der Waals surface area contributed by atoms with Crippen molar-refractivity contribution < 1.29 is 9.47 Å². The third-order valence-electron chi connectivity index (χ3n) is 3.96. The molecule has 0 spiro atoms. The highest BCUT2D eigenvalue weighted by atomic mass is 79.9. The van der Waals surface area contributed by atoms with Gasteiger partial charge < -0.3 is 15.2 Å². The summed E-state index contributed by atoms with van der Waals surface area (Å²) < 4.78 is 12.1. The molecule has 1 saturated carbocycles. The van der Waals surface area contributed by atoms with Crippen molar-refractivity contribution in [2.45, 2.75) is 31.1 Å².